The first-order valence-electron chi connectivity index (χ1n) is 2.18. The predicted molar refractivity (Wildman–Crippen MR) is 31.9 cm³/mol. The van der Waals surface area contributed by atoms with Gasteiger partial charge < -0.3 is 9.84 Å². The number of hydrogen-bond acceptors (Lipinski definition) is 2. The highest BCUT2D eigenvalue weighted by Gasteiger charge is 2.07. The van der Waals surface area contributed by atoms with Crippen LogP contribution in [0.5, 0.6) is 0 Å². The van der Waals surface area contributed by atoms with Gasteiger partial charge in [0.1, 0.15) is 0 Å². The van der Waals surface area contributed by atoms with E-state index in [1.54, 1.807) is 12.2 Å². The average Bonchev–Trinajstić information content (AvgIpc) is 1.77. The maximum Gasteiger partial charge on any atom is 0.233 e. The largest absolute Gasteiger partial charge is 0.467 e. The molecule has 0 saturated heterocycles. The molecule has 2 nitrogen and oxygen atoms in total. The summed E-state index contributed by atoms with van der Waals surface area (Å²) in [6, 6.07) is 0. The maximum absolute atomic E-state index is 8.73. The molecule has 1 N–H and O–H groups in total. The van der Waals surface area contributed by atoms with Crippen LogP contribution in [0.3, 0.4) is 0 Å². The lowest BCUT2D eigenvalue weighted by Gasteiger charge is -2.10. The fraction of sp³-hybridized carbons (Fsp3) is 0.200. The Kier molecular flexibility index (Phi) is 1.50. The molecular formula is C5H5O2S. The highest BCUT2D eigenvalue weighted by Crippen LogP contribution is 2.12. The molecule has 0 bridgehead atoms. The molecule has 0 aromatic heterocycles. The van der Waals surface area contributed by atoms with E-state index in [2.05, 4.69) is 17.4 Å². The van der Waals surface area contributed by atoms with Crippen LogP contribution in [0.1, 0.15) is 0 Å². The number of rotatable bonds is 0. The van der Waals surface area contributed by atoms with E-state index in [9.17, 15) is 0 Å². The van der Waals surface area contributed by atoms with Crippen molar-refractivity contribution in [2.75, 3.05) is 0 Å². The van der Waals surface area contributed by atoms with Crippen molar-refractivity contribution < 1.29 is 9.84 Å². The fourth-order valence-electron chi connectivity index (χ4n) is 0.403. The fourth-order valence-corrected chi connectivity index (χ4v) is 0.537. The van der Waals surface area contributed by atoms with E-state index >= 15 is 0 Å². The predicted octanol–water partition coefficient (Wildman–Crippen LogP) is 0.930. The van der Waals surface area contributed by atoms with Crippen molar-refractivity contribution in [1.29, 1.82) is 0 Å². The Bertz CT molecular complexity index is 139. The molecule has 0 aliphatic carbocycles. The minimum absolute atomic E-state index is 0.424. The van der Waals surface area contributed by atoms with Crippen molar-refractivity contribution in [3.8, 4) is 0 Å². The second kappa shape index (κ2) is 2.15. The summed E-state index contributed by atoms with van der Waals surface area (Å²) in [7, 11) is 0. The Morgan fingerprint density at radius 1 is 1.75 bits per heavy atom. The van der Waals surface area contributed by atoms with Crippen LogP contribution in [0.4, 0.5) is 0 Å². The van der Waals surface area contributed by atoms with Crippen LogP contribution in [0.25, 0.3) is 0 Å². The molecule has 0 saturated carbocycles. The van der Waals surface area contributed by atoms with E-state index in [0.29, 0.717) is 4.91 Å². The van der Waals surface area contributed by atoms with Gasteiger partial charge in [-0.3, -0.25) is 0 Å². The van der Waals surface area contributed by atoms with Crippen molar-refractivity contribution in [3.63, 3.8) is 0 Å². The molecule has 0 spiro atoms. The molecule has 1 heterocycles. The van der Waals surface area contributed by atoms with Crippen molar-refractivity contribution >= 4 is 12.6 Å². The van der Waals surface area contributed by atoms with Gasteiger partial charge in [-0.15, -0.1) is 0 Å². The van der Waals surface area contributed by atoms with Crippen LogP contribution in [0.2, 0.25) is 0 Å². The second-order valence-electron chi connectivity index (χ2n) is 1.39. The molecule has 0 fully saturated rings. The van der Waals surface area contributed by atoms with Crippen LogP contribution < -0.4 is 0 Å². The number of allylic oxidation sites excluding steroid dienone is 2. The van der Waals surface area contributed by atoms with Crippen molar-refractivity contribution in [2.24, 2.45) is 0 Å². The molecule has 1 aliphatic rings. The second-order valence-corrected chi connectivity index (χ2v) is 1.86. The standard InChI is InChI=1S/C5H5O2S/c6-5-4(8)2-1-3-7-5/h1-3,5-6H. The summed E-state index contributed by atoms with van der Waals surface area (Å²) < 4.78 is 4.59. The third-order valence-electron chi connectivity index (χ3n) is 0.790. The summed E-state index contributed by atoms with van der Waals surface area (Å²) in [6.45, 7) is 0. The summed E-state index contributed by atoms with van der Waals surface area (Å²) in [5.41, 5.74) is 0. The molecule has 1 atom stereocenters. The van der Waals surface area contributed by atoms with Gasteiger partial charge in [0, 0.05) is 0 Å². The van der Waals surface area contributed by atoms with E-state index in [4.69, 9.17) is 5.11 Å². The van der Waals surface area contributed by atoms with Gasteiger partial charge >= 0.3 is 0 Å². The lowest BCUT2D eigenvalue weighted by atomic mass is 10.4. The molecule has 1 aliphatic heterocycles. The van der Waals surface area contributed by atoms with Crippen molar-refractivity contribution in [2.45, 2.75) is 6.29 Å². The SMILES string of the molecule is OC1OC=CC=C1[S]. The van der Waals surface area contributed by atoms with Crippen molar-refractivity contribution in [1.82, 2.24) is 0 Å². The van der Waals surface area contributed by atoms with Gasteiger partial charge in [-0.05, 0) is 12.2 Å². The first-order chi connectivity index (χ1) is 3.80. The smallest absolute Gasteiger partial charge is 0.233 e. The molecule has 3 heteroatoms. The number of ether oxygens (including phenoxy) is 1. The van der Waals surface area contributed by atoms with Gasteiger partial charge in [0.25, 0.3) is 0 Å². The molecule has 43 valence electrons. The van der Waals surface area contributed by atoms with E-state index in [1.165, 1.54) is 6.26 Å². The Morgan fingerprint density at radius 3 is 2.88 bits per heavy atom. The first kappa shape index (κ1) is 5.59. The number of hydrogen-bond donors (Lipinski definition) is 1. The van der Waals surface area contributed by atoms with Gasteiger partial charge in [0.2, 0.25) is 6.29 Å². The normalized spacial score (nSPS) is 26.6. The summed E-state index contributed by atoms with van der Waals surface area (Å²) >= 11 is 4.65. The van der Waals surface area contributed by atoms with Crippen LogP contribution in [-0.4, -0.2) is 11.4 Å². The maximum atomic E-state index is 8.73. The summed E-state index contributed by atoms with van der Waals surface area (Å²) in [4.78, 5) is 0.424. The molecule has 0 aromatic carbocycles. The molecule has 1 radical (unpaired) electrons. The summed E-state index contributed by atoms with van der Waals surface area (Å²) in [5, 5.41) is 8.73. The van der Waals surface area contributed by atoms with E-state index in [0.717, 1.165) is 0 Å². The third-order valence-corrected chi connectivity index (χ3v) is 1.13. The lowest BCUT2D eigenvalue weighted by molar-refractivity contribution is -0.0162. The van der Waals surface area contributed by atoms with Crippen LogP contribution in [0, 0.1) is 0 Å². The van der Waals surface area contributed by atoms with E-state index in [1.807, 2.05) is 0 Å². The minimum atomic E-state index is -0.907. The molecular weight excluding hydrogens is 124 g/mol. The zero-order chi connectivity index (χ0) is 5.98. The minimum Gasteiger partial charge on any atom is -0.467 e. The van der Waals surface area contributed by atoms with Gasteiger partial charge in [0.15, 0.2) is 0 Å². The highest BCUT2D eigenvalue weighted by atomic mass is 32.1. The monoisotopic (exact) mass is 129 g/mol. The Balaban J connectivity index is 2.66. The zero-order valence-electron chi connectivity index (χ0n) is 4.07. The summed E-state index contributed by atoms with van der Waals surface area (Å²) in [6.07, 6.45) is 3.77. The van der Waals surface area contributed by atoms with Gasteiger partial charge in [-0.2, -0.15) is 0 Å². The number of aliphatic hydroxyl groups excluding tert-OH is 1. The van der Waals surface area contributed by atoms with Gasteiger partial charge in [-0.25, -0.2) is 0 Å². The van der Waals surface area contributed by atoms with E-state index in [-0.39, 0.29) is 0 Å². The molecule has 0 aromatic rings. The van der Waals surface area contributed by atoms with E-state index < -0.39 is 6.29 Å². The average molecular weight is 129 g/mol. The number of aliphatic hydroxyl groups is 1. The zero-order valence-corrected chi connectivity index (χ0v) is 4.89. The molecule has 8 heavy (non-hydrogen) atoms. The lowest BCUT2D eigenvalue weighted by Crippen LogP contribution is -2.09. The highest BCUT2D eigenvalue weighted by molar-refractivity contribution is 7.84. The molecule has 1 rings (SSSR count). The summed E-state index contributed by atoms with van der Waals surface area (Å²) in [5.74, 6) is 0. The van der Waals surface area contributed by atoms with Crippen molar-refractivity contribution in [3.05, 3.63) is 23.3 Å². The van der Waals surface area contributed by atoms with Gasteiger partial charge in [0.05, 0.1) is 11.2 Å². The first-order valence-corrected chi connectivity index (χ1v) is 2.59. The Hall–Kier alpha value is -0.540. The topological polar surface area (TPSA) is 29.5 Å². The molecule has 1 unspecified atom stereocenters. The van der Waals surface area contributed by atoms with Crippen LogP contribution in [0.15, 0.2) is 23.3 Å². The Morgan fingerprint density at radius 2 is 2.50 bits per heavy atom. The quantitative estimate of drug-likeness (QED) is 0.527. The Labute approximate surface area is 52.9 Å². The van der Waals surface area contributed by atoms with Crippen LogP contribution >= 0.6 is 12.6 Å². The molecule has 0 amide bonds. The third kappa shape index (κ3) is 0.993. The van der Waals surface area contributed by atoms with Crippen LogP contribution in [-0.2, 0) is 4.74 Å². The van der Waals surface area contributed by atoms with Gasteiger partial charge in [-0.1, -0.05) is 12.6 Å².